The van der Waals surface area contributed by atoms with Gasteiger partial charge in [-0.05, 0) is 12.1 Å². The van der Waals surface area contributed by atoms with Crippen molar-refractivity contribution in [3.63, 3.8) is 0 Å². The monoisotopic (exact) mass is 170 g/mol. The highest BCUT2D eigenvalue weighted by molar-refractivity contribution is 6.17. The predicted molar refractivity (Wildman–Crippen MR) is 42.9 cm³/mol. The van der Waals surface area contributed by atoms with E-state index in [0.717, 1.165) is 6.07 Å². The van der Waals surface area contributed by atoms with Crippen LogP contribution < -0.4 is 9.39 Å². The van der Waals surface area contributed by atoms with Gasteiger partial charge in [0.25, 0.3) is 0 Å². The number of halogens is 1. The van der Waals surface area contributed by atoms with Crippen LogP contribution in [-0.4, -0.2) is 19.8 Å². The Morgan fingerprint density at radius 2 is 2.17 bits per heavy atom. The van der Waals surface area contributed by atoms with E-state index in [4.69, 9.17) is 14.4 Å². The highest BCUT2D eigenvalue weighted by atomic mass is 19.1. The molecule has 0 atom stereocenters. The molecule has 0 bridgehead atoms. The average molecular weight is 170 g/mol. The molecular weight excluding hydrogens is 162 g/mol. The lowest BCUT2D eigenvalue weighted by Crippen LogP contribution is -2.01. The average Bonchev–Trinajstić information content (AvgIpc) is 2.05. The molecule has 0 aromatic heterocycles. The summed E-state index contributed by atoms with van der Waals surface area (Å²) in [6.45, 7) is 0. The topological polar surface area (TPSA) is 38.7 Å². The van der Waals surface area contributed by atoms with Crippen LogP contribution in [0.5, 0.6) is 11.5 Å². The maximum absolute atomic E-state index is 12.6. The summed E-state index contributed by atoms with van der Waals surface area (Å²) in [6.07, 6.45) is 0. The highest BCUT2D eigenvalue weighted by Crippen LogP contribution is 2.26. The van der Waals surface area contributed by atoms with E-state index in [1.54, 1.807) is 0 Å². The van der Waals surface area contributed by atoms with Gasteiger partial charge >= 0.3 is 7.69 Å². The van der Waals surface area contributed by atoms with Crippen molar-refractivity contribution in [2.45, 2.75) is 0 Å². The Hall–Kier alpha value is -1.23. The maximum atomic E-state index is 12.6. The van der Waals surface area contributed by atoms with Gasteiger partial charge in [-0.2, -0.15) is 0 Å². The molecule has 12 heavy (non-hydrogen) atoms. The van der Waals surface area contributed by atoms with Gasteiger partial charge in [-0.1, -0.05) is 0 Å². The number of hydrogen-bond acceptors (Lipinski definition) is 3. The fraction of sp³-hybridized carbons (Fsp3) is 0.143. The molecule has 0 aliphatic rings. The second-order valence-electron chi connectivity index (χ2n) is 2.07. The summed E-state index contributed by atoms with van der Waals surface area (Å²) in [7, 11) is 0.942. The number of hydrogen-bond donors (Lipinski definition) is 1. The quantitative estimate of drug-likeness (QED) is 0.670. The van der Waals surface area contributed by atoms with Crippen molar-refractivity contribution in [2.24, 2.45) is 0 Å². The van der Waals surface area contributed by atoms with Crippen LogP contribution in [0.2, 0.25) is 0 Å². The summed E-state index contributed by atoms with van der Waals surface area (Å²) < 4.78 is 22.1. The number of benzene rings is 1. The minimum Gasteiger partial charge on any atom is -0.536 e. The summed E-state index contributed by atoms with van der Waals surface area (Å²) >= 11 is 0. The van der Waals surface area contributed by atoms with Crippen LogP contribution in [0.15, 0.2) is 18.2 Å². The molecule has 0 saturated heterocycles. The van der Waals surface area contributed by atoms with E-state index in [2.05, 4.69) is 0 Å². The first-order chi connectivity index (χ1) is 5.77. The van der Waals surface area contributed by atoms with Crippen molar-refractivity contribution in [1.29, 1.82) is 0 Å². The first kappa shape index (κ1) is 8.87. The molecule has 0 aliphatic heterocycles. The minimum absolute atomic E-state index is 0.194. The minimum atomic E-state index is -0.500. The normalized spacial score (nSPS) is 9.25. The molecular formula is C7H8BFO3. The summed E-state index contributed by atoms with van der Waals surface area (Å²) in [6, 6.07) is 3.83. The van der Waals surface area contributed by atoms with Crippen molar-refractivity contribution in [2.75, 3.05) is 7.11 Å². The zero-order valence-corrected chi connectivity index (χ0v) is 6.58. The van der Waals surface area contributed by atoms with Gasteiger partial charge in [0.15, 0.2) is 5.75 Å². The molecule has 0 radical (unpaired) electrons. The molecule has 0 spiro atoms. The molecule has 0 unspecified atom stereocenters. The second kappa shape index (κ2) is 3.97. The lowest BCUT2D eigenvalue weighted by molar-refractivity contribution is 0.379. The molecule has 0 aliphatic carbocycles. The zero-order chi connectivity index (χ0) is 8.97. The molecule has 1 N–H and O–H groups in total. The summed E-state index contributed by atoms with van der Waals surface area (Å²) in [4.78, 5) is 0. The molecule has 5 heteroatoms. The molecule has 64 valence electrons. The van der Waals surface area contributed by atoms with Crippen LogP contribution in [0, 0.1) is 5.82 Å². The standard InChI is InChI=1S/C7H8BFO3/c1-11-6-3-2-5(9)4-7(6)12-8-10/h2-4,8,10H,1H3. The summed E-state index contributed by atoms with van der Waals surface area (Å²) in [5, 5.41) is 8.43. The van der Waals surface area contributed by atoms with Crippen molar-refractivity contribution >= 4 is 7.69 Å². The molecule has 3 nitrogen and oxygen atoms in total. The molecule has 0 heterocycles. The van der Waals surface area contributed by atoms with Crippen molar-refractivity contribution < 1.29 is 18.8 Å². The fourth-order valence-corrected chi connectivity index (χ4v) is 0.833. The number of methoxy groups -OCH3 is 1. The Morgan fingerprint density at radius 3 is 2.75 bits per heavy atom. The maximum Gasteiger partial charge on any atom is 0.504 e. The van der Waals surface area contributed by atoms with Crippen LogP contribution in [-0.2, 0) is 0 Å². The first-order valence-electron chi connectivity index (χ1n) is 3.35. The van der Waals surface area contributed by atoms with Gasteiger partial charge < -0.3 is 14.4 Å². The Balaban J connectivity index is 2.95. The lowest BCUT2D eigenvalue weighted by atomic mass is 10.3. The molecule has 1 rings (SSSR count). The smallest absolute Gasteiger partial charge is 0.504 e. The van der Waals surface area contributed by atoms with Crippen LogP contribution in [0.25, 0.3) is 0 Å². The van der Waals surface area contributed by atoms with Crippen molar-refractivity contribution in [1.82, 2.24) is 0 Å². The number of ether oxygens (including phenoxy) is 1. The molecule has 1 aromatic rings. The third kappa shape index (κ3) is 1.89. The molecule has 0 fully saturated rings. The largest absolute Gasteiger partial charge is 0.536 e. The van der Waals surface area contributed by atoms with Crippen LogP contribution in [0.3, 0.4) is 0 Å². The fourth-order valence-electron chi connectivity index (χ4n) is 0.833. The zero-order valence-electron chi connectivity index (χ0n) is 6.58. The van der Waals surface area contributed by atoms with E-state index in [1.807, 2.05) is 0 Å². The van der Waals surface area contributed by atoms with Gasteiger partial charge in [-0.15, -0.1) is 0 Å². The van der Waals surface area contributed by atoms with Gasteiger partial charge in [0.1, 0.15) is 11.6 Å². The van der Waals surface area contributed by atoms with Gasteiger partial charge in [0, 0.05) is 6.07 Å². The highest BCUT2D eigenvalue weighted by Gasteiger charge is 2.04. The molecule has 0 amide bonds. The Bertz CT molecular complexity index is 267. The lowest BCUT2D eigenvalue weighted by Gasteiger charge is -2.07. The molecule has 0 saturated carbocycles. The van der Waals surface area contributed by atoms with E-state index in [-0.39, 0.29) is 5.75 Å². The Kier molecular flexibility index (Phi) is 2.93. The van der Waals surface area contributed by atoms with Crippen molar-refractivity contribution in [3.8, 4) is 11.5 Å². The summed E-state index contributed by atoms with van der Waals surface area (Å²) in [5.74, 6) is 0.157. The Morgan fingerprint density at radius 1 is 1.42 bits per heavy atom. The Labute approximate surface area is 70.0 Å². The third-order valence-corrected chi connectivity index (χ3v) is 1.35. The van der Waals surface area contributed by atoms with Gasteiger partial charge in [0.2, 0.25) is 0 Å². The van der Waals surface area contributed by atoms with E-state index >= 15 is 0 Å². The van der Waals surface area contributed by atoms with E-state index < -0.39 is 13.5 Å². The van der Waals surface area contributed by atoms with Gasteiger partial charge in [0.05, 0.1) is 7.11 Å². The number of rotatable bonds is 3. The van der Waals surface area contributed by atoms with E-state index in [1.165, 1.54) is 19.2 Å². The molecule has 1 aromatic carbocycles. The van der Waals surface area contributed by atoms with Gasteiger partial charge in [-0.3, -0.25) is 0 Å². The second-order valence-corrected chi connectivity index (χ2v) is 2.07. The van der Waals surface area contributed by atoms with Crippen LogP contribution >= 0.6 is 0 Å². The van der Waals surface area contributed by atoms with Crippen molar-refractivity contribution in [3.05, 3.63) is 24.0 Å². The first-order valence-corrected chi connectivity index (χ1v) is 3.35. The summed E-state index contributed by atoms with van der Waals surface area (Å²) in [5.41, 5.74) is 0. The van der Waals surface area contributed by atoms with Crippen LogP contribution in [0.4, 0.5) is 4.39 Å². The van der Waals surface area contributed by atoms with E-state index in [0.29, 0.717) is 5.75 Å². The predicted octanol–water partition coefficient (Wildman–Crippen LogP) is 0.472. The SMILES string of the molecule is COc1ccc(F)cc1OBO. The van der Waals surface area contributed by atoms with Crippen LogP contribution in [0.1, 0.15) is 0 Å². The third-order valence-electron chi connectivity index (χ3n) is 1.35. The van der Waals surface area contributed by atoms with E-state index in [9.17, 15) is 4.39 Å². The van der Waals surface area contributed by atoms with Gasteiger partial charge in [-0.25, -0.2) is 4.39 Å².